The van der Waals surface area contributed by atoms with Crippen molar-refractivity contribution in [2.24, 2.45) is 0 Å². The molecule has 0 saturated heterocycles. The molecule has 0 aromatic rings. The smallest absolute Gasteiger partial charge is 0.266 e. The zero-order valence-electron chi connectivity index (χ0n) is 28.9. The lowest BCUT2D eigenvalue weighted by molar-refractivity contribution is -0.131. The lowest BCUT2D eigenvalue weighted by Crippen LogP contribution is -2.50. The molecule has 0 spiro atoms. The lowest BCUT2D eigenvalue weighted by atomic mass is 10.0. The molecule has 1 amide bonds. The van der Waals surface area contributed by atoms with Crippen LogP contribution in [0.15, 0.2) is 0 Å². The molecule has 7 nitrogen and oxygen atoms in total. The summed E-state index contributed by atoms with van der Waals surface area (Å²) < 4.78 is 32.3. The second kappa shape index (κ2) is 30.9. The maximum Gasteiger partial charge on any atom is 0.266 e. The van der Waals surface area contributed by atoms with Crippen molar-refractivity contribution in [3.8, 4) is 0 Å². The van der Waals surface area contributed by atoms with Gasteiger partial charge in [-0.1, -0.05) is 187 Å². The first kappa shape index (κ1) is 43.3. The number of aliphatic hydroxyl groups excluding tert-OH is 2. The monoisotopic (exact) mass is 648 g/mol. The largest absolute Gasteiger partial charge is 0.391 e. The number of nitrogens with one attached hydrogen (secondary N) is 1. The normalized spacial score (nSPS) is 14.0. The van der Waals surface area contributed by atoms with Crippen LogP contribution in [0.4, 0.5) is 0 Å². The highest BCUT2D eigenvalue weighted by Gasteiger charge is 2.28. The van der Waals surface area contributed by atoms with Crippen LogP contribution >= 0.6 is 0 Å². The van der Waals surface area contributed by atoms with Gasteiger partial charge in [0.05, 0.1) is 17.9 Å². The highest BCUT2D eigenvalue weighted by Crippen LogP contribution is 2.16. The third-order valence-electron chi connectivity index (χ3n) is 8.92. The summed E-state index contributed by atoms with van der Waals surface area (Å²) in [5.74, 6) is -1.45. The summed E-state index contributed by atoms with van der Waals surface area (Å²) >= 11 is 0. The lowest BCUT2D eigenvalue weighted by Gasteiger charge is -2.24. The van der Waals surface area contributed by atoms with E-state index in [1.165, 1.54) is 128 Å². The van der Waals surface area contributed by atoms with Gasteiger partial charge in [-0.05, 0) is 12.8 Å². The van der Waals surface area contributed by atoms with E-state index in [1.807, 2.05) is 0 Å². The summed E-state index contributed by atoms with van der Waals surface area (Å²) in [6.07, 6.45) is 31.6. The summed E-state index contributed by atoms with van der Waals surface area (Å²) in [6, 6.07) is -1.14. The van der Waals surface area contributed by atoms with E-state index < -0.39 is 40.0 Å². The van der Waals surface area contributed by atoms with Gasteiger partial charge >= 0.3 is 0 Å². The first-order chi connectivity index (χ1) is 21.2. The van der Waals surface area contributed by atoms with Gasteiger partial charge in [0, 0.05) is 0 Å². The van der Waals surface area contributed by atoms with Gasteiger partial charge in [0.1, 0.15) is 6.10 Å². The number of unbranched alkanes of at least 4 members (excludes halogenated alkanes) is 25. The Kier molecular flexibility index (Phi) is 30.4. The van der Waals surface area contributed by atoms with Crippen LogP contribution in [0.5, 0.6) is 0 Å². The van der Waals surface area contributed by atoms with Crippen LogP contribution in [0.3, 0.4) is 0 Å². The minimum atomic E-state index is -4.39. The van der Waals surface area contributed by atoms with Crippen molar-refractivity contribution in [1.29, 1.82) is 0 Å². The molecule has 0 fully saturated rings. The molecule has 0 radical (unpaired) electrons. The minimum Gasteiger partial charge on any atom is -0.391 e. The van der Waals surface area contributed by atoms with Gasteiger partial charge in [0.2, 0.25) is 5.91 Å². The fraction of sp³-hybridized carbons (Fsp3) is 0.972. The minimum absolute atomic E-state index is 0.303. The van der Waals surface area contributed by atoms with Crippen molar-refractivity contribution < 1.29 is 28.0 Å². The highest BCUT2D eigenvalue weighted by atomic mass is 32.2. The first-order valence-electron chi connectivity index (χ1n) is 18.8. The van der Waals surface area contributed by atoms with Gasteiger partial charge in [0.25, 0.3) is 10.1 Å². The SMILES string of the molecule is CCCCCCCCCCCCCCCCCCCCCCC(O)C(=O)NC(CS(=O)(=O)O)C(O)CCCCCCCCC. The molecule has 0 aromatic carbocycles. The van der Waals surface area contributed by atoms with Gasteiger partial charge in [-0.3, -0.25) is 9.35 Å². The Labute approximate surface area is 272 Å². The molecule has 0 aliphatic heterocycles. The van der Waals surface area contributed by atoms with E-state index in [1.54, 1.807) is 0 Å². The number of aliphatic hydroxyl groups is 2. The average molecular weight is 648 g/mol. The predicted molar refractivity (Wildman–Crippen MR) is 186 cm³/mol. The number of carbonyl (C=O) groups is 1. The van der Waals surface area contributed by atoms with Crippen LogP contribution in [-0.2, 0) is 14.9 Å². The Morgan fingerprint density at radius 1 is 0.523 bits per heavy atom. The second-order valence-electron chi connectivity index (χ2n) is 13.4. The number of rotatable bonds is 34. The molecule has 0 aliphatic carbocycles. The molecule has 0 aromatic heterocycles. The predicted octanol–water partition coefficient (Wildman–Crippen LogP) is 9.43. The van der Waals surface area contributed by atoms with E-state index in [4.69, 9.17) is 0 Å². The van der Waals surface area contributed by atoms with E-state index in [0.717, 1.165) is 38.5 Å². The van der Waals surface area contributed by atoms with Gasteiger partial charge < -0.3 is 15.5 Å². The van der Waals surface area contributed by atoms with Crippen LogP contribution in [0.1, 0.15) is 200 Å². The third kappa shape index (κ3) is 30.0. The van der Waals surface area contributed by atoms with Crippen molar-refractivity contribution in [3.63, 3.8) is 0 Å². The second-order valence-corrected chi connectivity index (χ2v) is 14.9. The molecule has 264 valence electrons. The fourth-order valence-corrected chi connectivity index (χ4v) is 6.75. The molecular formula is C36H73NO6S. The van der Waals surface area contributed by atoms with E-state index in [2.05, 4.69) is 19.2 Å². The third-order valence-corrected chi connectivity index (χ3v) is 9.70. The molecule has 0 bridgehead atoms. The molecule has 0 rings (SSSR count). The topological polar surface area (TPSA) is 124 Å². The first-order valence-corrected chi connectivity index (χ1v) is 20.4. The summed E-state index contributed by atoms with van der Waals surface area (Å²) in [4.78, 5) is 12.5. The van der Waals surface area contributed by atoms with Crippen LogP contribution < -0.4 is 5.32 Å². The molecule has 0 saturated carbocycles. The number of amides is 1. The number of carbonyl (C=O) groups excluding carboxylic acids is 1. The van der Waals surface area contributed by atoms with Crippen molar-refractivity contribution in [2.45, 2.75) is 218 Å². The van der Waals surface area contributed by atoms with Crippen LogP contribution in [-0.4, -0.2) is 53.1 Å². The summed E-state index contributed by atoms with van der Waals surface area (Å²) in [5.41, 5.74) is 0. The van der Waals surface area contributed by atoms with Gasteiger partial charge in [-0.25, -0.2) is 0 Å². The zero-order chi connectivity index (χ0) is 32.7. The Morgan fingerprint density at radius 2 is 0.818 bits per heavy atom. The van der Waals surface area contributed by atoms with Crippen LogP contribution in [0, 0.1) is 0 Å². The molecule has 0 heterocycles. The molecule has 44 heavy (non-hydrogen) atoms. The average Bonchev–Trinajstić information content (AvgIpc) is 2.98. The standard InChI is InChI=1S/C36H73NO6S/c1-3-5-7-9-11-12-13-14-15-16-17-18-19-20-21-22-23-25-27-29-31-35(39)36(40)37-33(32-44(41,42)43)34(38)30-28-26-24-10-8-6-4-2/h33-35,38-39H,3-32H2,1-2H3,(H,37,40)(H,41,42,43). The number of hydrogen-bond donors (Lipinski definition) is 4. The van der Waals surface area contributed by atoms with E-state index >= 15 is 0 Å². The van der Waals surface area contributed by atoms with Gasteiger partial charge in [0.15, 0.2) is 0 Å². The Hall–Kier alpha value is -0.700. The molecule has 0 aliphatic rings. The van der Waals surface area contributed by atoms with Crippen molar-refractivity contribution in [2.75, 3.05) is 5.75 Å². The van der Waals surface area contributed by atoms with E-state index in [0.29, 0.717) is 19.3 Å². The number of hydrogen-bond acceptors (Lipinski definition) is 5. The van der Waals surface area contributed by atoms with Crippen molar-refractivity contribution in [1.82, 2.24) is 5.32 Å². The van der Waals surface area contributed by atoms with Crippen LogP contribution in [0.25, 0.3) is 0 Å². The maximum absolute atomic E-state index is 12.5. The fourth-order valence-electron chi connectivity index (χ4n) is 5.99. The molecular weight excluding hydrogens is 574 g/mol. The highest BCUT2D eigenvalue weighted by molar-refractivity contribution is 7.85. The summed E-state index contributed by atoms with van der Waals surface area (Å²) in [6.45, 7) is 4.44. The van der Waals surface area contributed by atoms with Gasteiger partial charge in [-0.15, -0.1) is 0 Å². The Bertz CT molecular complexity index is 732. The Balaban J connectivity index is 3.83. The van der Waals surface area contributed by atoms with Crippen LogP contribution in [0.2, 0.25) is 0 Å². The quantitative estimate of drug-likeness (QED) is 0.0407. The van der Waals surface area contributed by atoms with Crippen molar-refractivity contribution >= 4 is 16.0 Å². The summed E-state index contributed by atoms with van der Waals surface area (Å²) in [5, 5.41) is 23.3. The van der Waals surface area contributed by atoms with Gasteiger partial charge in [-0.2, -0.15) is 8.42 Å². The zero-order valence-corrected chi connectivity index (χ0v) is 29.7. The molecule has 3 atom stereocenters. The van der Waals surface area contributed by atoms with Crippen molar-refractivity contribution in [3.05, 3.63) is 0 Å². The maximum atomic E-state index is 12.5. The molecule has 3 unspecified atom stereocenters. The van der Waals surface area contributed by atoms with E-state index in [-0.39, 0.29) is 0 Å². The van der Waals surface area contributed by atoms with E-state index in [9.17, 15) is 28.0 Å². The summed E-state index contributed by atoms with van der Waals surface area (Å²) in [7, 11) is -4.39. The molecule has 4 N–H and O–H groups in total. The molecule has 8 heteroatoms. The Morgan fingerprint density at radius 3 is 1.14 bits per heavy atom.